The molecule has 1 aromatic carbocycles. The van der Waals surface area contributed by atoms with Gasteiger partial charge in [0.25, 0.3) is 5.56 Å². The number of aryl methyl sites for hydroxylation is 2. The van der Waals surface area contributed by atoms with E-state index in [1.165, 1.54) is 10.5 Å². The first-order valence-corrected chi connectivity index (χ1v) is 9.98. The van der Waals surface area contributed by atoms with Gasteiger partial charge in [0.15, 0.2) is 0 Å². The SMILES string of the molecule is Cc1ccc(SCCNC(=O)Cc2c(C)nc(-c3cccnc3)[nH]c2=O)cc1. The molecule has 0 fully saturated rings. The van der Waals surface area contributed by atoms with E-state index >= 15 is 0 Å². The van der Waals surface area contributed by atoms with Crippen LogP contribution in [0, 0.1) is 13.8 Å². The maximum atomic E-state index is 12.4. The zero-order valence-electron chi connectivity index (χ0n) is 15.9. The van der Waals surface area contributed by atoms with Crippen molar-refractivity contribution in [3.8, 4) is 11.4 Å². The highest BCUT2D eigenvalue weighted by atomic mass is 32.2. The van der Waals surface area contributed by atoms with Gasteiger partial charge in [-0.05, 0) is 38.1 Å². The van der Waals surface area contributed by atoms with E-state index < -0.39 is 0 Å². The third kappa shape index (κ3) is 5.29. The summed E-state index contributed by atoms with van der Waals surface area (Å²) in [6, 6.07) is 11.9. The lowest BCUT2D eigenvalue weighted by Crippen LogP contribution is -2.30. The number of pyridine rings is 1. The number of carbonyl (C=O) groups is 1. The Morgan fingerprint density at radius 2 is 1.96 bits per heavy atom. The second-order valence-corrected chi connectivity index (χ2v) is 7.58. The Morgan fingerprint density at radius 3 is 2.64 bits per heavy atom. The average molecular weight is 395 g/mol. The molecule has 0 bridgehead atoms. The Bertz CT molecular complexity index is 1000. The topological polar surface area (TPSA) is 87.7 Å². The van der Waals surface area contributed by atoms with Crippen LogP contribution in [0.5, 0.6) is 0 Å². The smallest absolute Gasteiger partial charge is 0.255 e. The molecule has 0 unspecified atom stereocenters. The van der Waals surface area contributed by atoms with Crippen LogP contribution in [-0.4, -0.2) is 33.2 Å². The van der Waals surface area contributed by atoms with Crippen LogP contribution in [0.2, 0.25) is 0 Å². The van der Waals surface area contributed by atoms with Crippen molar-refractivity contribution in [3.05, 3.63) is 76.0 Å². The maximum Gasteiger partial charge on any atom is 0.255 e. The van der Waals surface area contributed by atoms with Gasteiger partial charge in [-0.15, -0.1) is 11.8 Å². The van der Waals surface area contributed by atoms with Gasteiger partial charge < -0.3 is 10.3 Å². The standard InChI is InChI=1S/C21H22N4O2S/c1-14-5-7-17(8-6-14)28-11-10-23-19(26)12-18-15(2)24-20(25-21(18)27)16-4-3-9-22-13-16/h3-9,13H,10-12H2,1-2H3,(H,23,26)(H,24,25,27). The quantitative estimate of drug-likeness (QED) is 0.475. The van der Waals surface area contributed by atoms with E-state index in [1.54, 1.807) is 37.1 Å². The minimum absolute atomic E-state index is 0.0106. The van der Waals surface area contributed by atoms with Gasteiger partial charge in [0.05, 0.1) is 6.42 Å². The lowest BCUT2D eigenvalue weighted by molar-refractivity contribution is -0.120. The molecule has 7 heteroatoms. The molecule has 2 aromatic heterocycles. The lowest BCUT2D eigenvalue weighted by Gasteiger charge is -2.08. The summed E-state index contributed by atoms with van der Waals surface area (Å²) in [6.07, 6.45) is 3.30. The summed E-state index contributed by atoms with van der Waals surface area (Å²) >= 11 is 1.68. The Balaban J connectivity index is 1.55. The predicted octanol–water partition coefficient (Wildman–Crippen LogP) is 2.90. The summed E-state index contributed by atoms with van der Waals surface area (Å²) in [4.78, 5) is 37.0. The van der Waals surface area contributed by atoms with Crippen molar-refractivity contribution in [2.24, 2.45) is 0 Å². The van der Waals surface area contributed by atoms with Crippen molar-refractivity contribution in [1.82, 2.24) is 20.3 Å². The predicted molar refractivity (Wildman–Crippen MR) is 111 cm³/mol. The fourth-order valence-corrected chi connectivity index (χ4v) is 3.44. The largest absolute Gasteiger partial charge is 0.355 e. The first-order chi connectivity index (χ1) is 13.5. The van der Waals surface area contributed by atoms with Gasteiger partial charge in [0, 0.05) is 46.4 Å². The molecule has 2 heterocycles. The number of hydrogen-bond acceptors (Lipinski definition) is 5. The van der Waals surface area contributed by atoms with Crippen LogP contribution < -0.4 is 10.9 Å². The van der Waals surface area contributed by atoms with Crippen LogP contribution in [0.4, 0.5) is 0 Å². The normalized spacial score (nSPS) is 10.6. The highest BCUT2D eigenvalue weighted by Crippen LogP contribution is 2.17. The minimum atomic E-state index is -0.296. The molecule has 28 heavy (non-hydrogen) atoms. The van der Waals surface area contributed by atoms with Gasteiger partial charge in [-0.25, -0.2) is 4.98 Å². The molecule has 0 aliphatic rings. The van der Waals surface area contributed by atoms with Crippen LogP contribution in [-0.2, 0) is 11.2 Å². The summed E-state index contributed by atoms with van der Waals surface area (Å²) in [5.74, 6) is 1.03. The Kier molecular flexibility index (Phi) is 6.60. The van der Waals surface area contributed by atoms with E-state index in [0.717, 1.165) is 11.3 Å². The highest BCUT2D eigenvalue weighted by molar-refractivity contribution is 7.99. The molecule has 0 saturated carbocycles. The number of thioether (sulfide) groups is 1. The van der Waals surface area contributed by atoms with Crippen LogP contribution in [0.15, 0.2) is 58.5 Å². The number of H-pyrrole nitrogens is 1. The van der Waals surface area contributed by atoms with Crippen LogP contribution in [0.25, 0.3) is 11.4 Å². The molecule has 0 atom stereocenters. The van der Waals surface area contributed by atoms with E-state index in [0.29, 0.717) is 23.6 Å². The second kappa shape index (κ2) is 9.32. The van der Waals surface area contributed by atoms with Crippen LogP contribution >= 0.6 is 11.8 Å². The van der Waals surface area contributed by atoms with Gasteiger partial charge >= 0.3 is 0 Å². The van der Waals surface area contributed by atoms with Crippen LogP contribution in [0.3, 0.4) is 0 Å². The molecule has 2 N–H and O–H groups in total. The van der Waals surface area contributed by atoms with E-state index in [4.69, 9.17) is 0 Å². The number of carbonyl (C=O) groups excluding carboxylic acids is 1. The number of hydrogen-bond donors (Lipinski definition) is 2. The molecule has 0 aliphatic carbocycles. The fraction of sp³-hybridized carbons (Fsp3) is 0.238. The summed E-state index contributed by atoms with van der Waals surface area (Å²) in [5.41, 5.74) is 2.59. The van der Waals surface area contributed by atoms with E-state index in [1.807, 2.05) is 6.07 Å². The second-order valence-electron chi connectivity index (χ2n) is 6.41. The van der Waals surface area contributed by atoms with Gasteiger partial charge in [-0.1, -0.05) is 17.7 Å². The van der Waals surface area contributed by atoms with Crippen molar-refractivity contribution in [1.29, 1.82) is 0 Å². The fourth-order valence-electron chi connectivity index (χ4n) is 2.68. The van der Waals surface area contributed by atoms with Crippen molar-refractivity contribution in [3.63, 3.8) is 0 Å². The first kappa shape index (κ1) is 19.8. The zero-order valence-corrected chi connectivity index (χ0v) is 16.7. The summed E-state index contributed by atoms with van der Waals surface area (Å²) < 4.78 is 0. The van der Waals surface area contributed by atoms with E-state index in [-0.39, 0.29) is 17.9 Å². The molecule has 3 rings (SSSR count). The van der Waals surface area contributed by atoms with Gasteiger partial charge in [0.1, 0.15) is 5.82 Å². The van der Waals surface area contributed by atoms with Crippen molar-refractivity contribution in [2.75, 3.05) is 12.3 Å². The number of benzene rings is 1. The first-order valence-electron chi connectivity index (χ1n) is 8.99. The van der Waals surface area contributed by atoms with Crippen molar-refractivity contribution < 1.29 is 4.79 Å². The van der Waals surface area contributed by atoms with Gasteiger partial charge in [-0.3, -0.25) is 14.6 Å². The van der Waals surface area contributed by atoms with Gasteiger partial charge in [0.2, 0.25) is 5.91 Å². The Hall–Kier alpha value is -2.93. The minimum Gasteiger partial charge on any atom is -0.355 e. The third-order valence-corrected chi connectivity index (χ3v) is 5.22. The average Bonchev–Trinajstić information content (AvgIpc) is 2.70. The highest BCUT2D eigenvalue weighted by Gasteiger charge is 2.13. The lowest BCUT2D eigenvalue weighted by atomic mass is 10.1. The zero-order chi connectivity index (χ0) is 19.9. The number of nitrogens with one attached hydrogen (secondary N) is 2. The Morgan fingerprint density at radius 1 is 1.18 bits per heavy atom. The molecule has 1 amide bonds. The summed E-state index contributed by atoms with van der Waals surface area (Å²) in [6.45, 7) is 4.33. The van der Waals surface area contributed by atoms with Crippen LogP contribution in [0.1, 0.15) is 16.8 Å². The molecule has 3 aromatic rings. The number of aromatic amines is 1. The van der Waals surface area contributed by atoms with Gasteiger partial charge in [-0.2, -0.15) is 0 Å². The molecule has 0 radical (unpaired) electrons. The molecule has 0 spiro atoms. The number of rotatable bonds is 7. The number of amides is 1. The van der Waals surface area contributed by atoms with E-state index in [9.17, 15) is 9.59 Å². The van der Waals surface area contributed by atoms with E-state index in [2.05, 4.69) is 51.5 Å². The van der Waals surface area contributed by atoms with Crippen molar-refractivity contribution in [2.45, 2.75) is 25.2 Å². The molecule has 0 saturated heterocycles. The molecule has 0 aliphatic heterocycles. The molecule has 144 valence electrons. The monoisotopic (exact) mass is 394 g/mol. The summed E-state index contributed by atoms with van der Waals surface area (Å²) in [7, 11) is 0. The molecular formula is C21H22N4O2S. The molecular weight excluding hydrogens is 372 g/mol. The maximum absolute atomic E-state index is 12.4. The third-order valence-electron chi connectivity index (χ3n) is 4.21. The molecule has 6 nitrogen and oxygen atoms in total. The van der Waals surface area contributed by atoms with Crippen molar-refractivity contribution >= 4 is 17.7 Å². The Labute approximate surface area is 167 Å². The number of nitrogens with zero attached hydrogens (tertiary/aromatic N) is 2. The number of aromatic nitrogens is 3. The summed E-state index contributed by atoms with van der Waals surface area (Å²) in [5, 5.41) is 2.86.